The number of rotatable bonds is 3. The molecule has 3 N–H and O–H groups in total. The lowest BCUT2D eigenvalue weighted by molar-refractivity contribution is 0.102. The van der Waals surface area contributed by atoms with Gasteiger partial charge in [0, 0.05) is 10.7 Å². The molecular weight excluding hydrogens is 365 g/mol. The molecule has 0 spiro atoms. The van der Waals surface area contributed by atoms with Crippen molar-refractivity contribution in [2.45, 2.75) is 4.90 Å². The number of nitrogens with two attached hydrogens (primary N) is 1. The molecule has 110 valence electrons. The molecule has 1 aromatic heterocycles. The number of nitrogens with one attached hydrogen (secondary N) is 1. The standard InChI is InChI=1S/C12H9BrFN3O3S/c13-9-5-8(21(15,19)20)2-3-10(9)17-12(18)7-1-4-11(14)16-6-7/h1-6H,(H,17,18)(H2,15,19,20). The minimum Gasteiger partial charge on any atom is -0.321 e. The third-order valence-corrected chi connectivity index (χ3v) is 4.07. The Kier molecular flexibility index (Phi) is 4.35. The molecular formula is C12H9BrFN3O3S. The summed E-state index contributed by atoms with van der Waals surface area (Å²) >= 11 is 3.14. The van der Waals surface area contributed by atoms with Crippen LogP contribution in [0.3, 0.4) is 0 Å². The summed E-state index contributed by atoms with van der Waals surface area (Å²) in [6.45, 7) is 0. The Hall–Kier alpha value is -1.84. The van der Waals surface area contributed by atoms with E-state index in [1.54, 1.807) is 0 Å². The van der Waals surface area contributed by atoms with Gasteiger partial charge < -0.3 is 5.32 Å². The molecule has 0 aliphatic rings. The number of hydrogen-bond acceptors (Lipinski definition) is 4. The van der Waals surface area contributed by atoms with Crippen LogP contribution in [0.4, 0.5) is 10.1 Å². The molecule has 0 aliphatic carbocycles. The van der Waals surface area contributed by atoms with Crippen molar-refractivity contribution < 1.29 is 17.6 Å². The fraction of sp³-hybridized carbons (Fsp3) is 0. The van der Waals surface area contributed by atoms with Crippen molar-refractivity contribution in [3.8, 4) is 0 Å². The Morgan fingerprint density at radius 1 is 1.29 bits per heavy atom. The third-order valence-electron chi connectivity index (χ3n) is 2.51. The van der Waals surface area contributed by atoms with Gasteiger partial charge in [-0.1, -0.05) is 0 Å². The summed E-state index contributed by atoms with van der Waals surface area (Å²) in [6, 6.07) is 6.27. The van der Waals surface area contributed by atoms with Gasteiger partial charge in [0.15, 0.2) is 0 Å². The minimum absolute atomic E-state index is 0.0872. The van der Waals surface area contributed by atoms with E-state index in [0.717, 1.165) is 12.3 Å². The second-order valence-electron chi connectivity index (χ2n) is 4.01. The summed E-state index contributed by atoms with van der Waals surface area (Å²) in [5.41, 5.74) is 0.510. The quantitative estimate of drug-likeness (QED) is 0.801. The summed E-state index contributed by atoms with van der Waals surface area (Å²) in [4.78, 5) is 15.2. The van der Waals surface area contributed by atoms with E-state index >= 15 is 0 Å². The average Bonchev–Trinajstić information content (AvgIpc) is 2.40. The van der Waals surface area contributed by atoms with Gasteiger partial charge in [-0.15, -0.1) is 0 Å². The maximum atomic E-state index is 12.7. The number of pyridine rings is 1. The number of aromatic nitrogens is 1. The zero-order valence-corrected chi connectivity index (χ0v) is 12.8. The topological polar surface area (TPSA) is 102 Å². The molecule has 0 saturated heterocycles. The second kappa shape index (κ2) is 5.88. The maximum absolute atomic E-state index is 12.7. The number of primary sulfonamides is 1. The average molecular weight is 374 g/mol. The summed E-state index contributed by atoms with van der Waals surface area (Å²) in [5, 5.41) is 7.54. The van der Waals surface area contributed by atoms with Crippen LogP contribution in [0, 0.1) is 5.95 Å². The number of amides is 1. The third kappa shape index (κ3) is 3.84. The smallest absolute Gasteiger partial charge is 0.257 e. The Morgan fingerprint density at radius 3 is 2.52 bits per heavy atom. The van der Waals surface area contributed by atoms with E-state index in [4.69, 9.17) is 5.14 Å². The van der Waals surface area contributed by atoms with E-state index in [9.17, 15) is 17.6 Å². The summed E-state index contributed by atoms with van der Waals surface area (Å²) in [7, 11) is -3.82. The first kappa shape index (κ1) is 15.5. The molecule has 0 atom stereocenters. The van der Waals surface area contributed by atoms with E-state index in [-0.39, 0.29) is 10.5 Å². The number of sulfonamides is 1. The molecule has 6 nitrogen and oxygen atoms in total. The number of carbonyl (C=O) groups excluding carboxylic acids is 1. The highest BCUT2D eigenvalue weighted by atomic mass is 79.9. The van der Waals surface area contributed by atoms with Crippen LogP contribution in [0.5, 0.6) is 0 Å². The molecule has 9 heteroatoms. The molecule has 0 unspecified atom stereocenters. The van der Waals surface area contributed by atoms with Crippen molar-refractivity contribution in [2.75, 3.05) is 5.32 Å². The van der Waals surface area contributed by atoms with E-state index in [1.165, 1.54) is 24.3 Å². The van der Waals surface area contributed by atoms with Crippen LogP contribution in [-0.4, -0.2) is 19.3 Å². The van der Waals surface area contributed by atoms with E-state index < -0.39 is 21.9 Å². The molecule has 1 heterocycles. The monoisotopic (exact) mass is 373 g/mol. The van der Waals surface area contributed by atoms with Crippen molar-refractivity contribution in [2.24, 2.45) is 5.14 Å². The molecule has 1 aromatic carbocycles. The van der Waals surface area contributed by atoms with Crippen molar-refractivity contribution in [3.05, 3.63) is 52.5 Å². The highest BCUT2D eigenvalue weighted by molar-refractivity contribution is 9.10. The Morgan fingerprint density at radius 2 is 2.00 bits per heavy atom. The molecule has 0 fully saturated rings. The number of anilines is 1. The van der Waals surface area contributed by atoms with Crippen LogP contribution in [0.15, 0.2) is 45.9 Å². The number of halogens is 2. The fourth-order valence-electron chi connectivity index (χ4n) is 1.48. The van der Waals surface area contributed by atoms with Gasteiger partial charge in [-0.3, -0.25) is 4.79 Å². The van der Waals surface area contributed by atoms with Crippen LogP contribution in [-0.2, 0) is 10.0 Å². The van der Waals surface area contributed by atoms with Crippen molar-refractivity contribution in [1.29, 1.82) is 0 Å². The predicted molar refractivity (Wildman–Crippen MR) is 77.7 cm³/mol. The van der Waals surface area contributed by atoms with Crippen LogP contribution in [0.2, 0.25) is 0 Å². The molecule has 1 amide bonds. The van der Waals surface area contributed by atoms with E-state index in [2.05, 4.69) is 26.2 Å². The van der Waals surface area contributed by atoms with Crippen molar-refractivity contribution in [1.82, 2.24) is 4.98 Å². The predicted octanol–water partition coefficient (Wildman–Crippen LogP) is 1.88. The Labute approximate surface area is 128 Å². The molecule has 21 heavy (non-hydrogen) atoms. The summed E-state index contributed by atoms with van der Waals surface area (Å²) < 4.78 is 35.4. The van der Waals surface area contributed by atoms with E-state index in [0.29, 0.717) is 10.2 Å². The summed E-state index contributed by atoms with van der Waals surface area (Å²) in [6.07, 6.45) is 1.09. The van der Waals surface area contributed by atoms with Gasteiger partial charge in [-0.25, -0.2) is 18.5 Å². The maximum Gasteiger partial charge on any atom is 0.257 e. The second-order valence-corrected chi connectivity index (χ2v) is 6.43. The Balaban J connectivity index is 2.24. The van der Waals surface area contributed by atoms with Crippen LogP contribution in [0.25, 0.3) is 0 Å². The first-order valence-electron chi connectivity index (χ1n) is 5.52. The zero-order valence-electron chi connectivity index (χ0n) is 10.4. The number of hydrogen-bond donors (Lipinski definition) is 2. The zero-order chi connectivity index (χ0) is 15.6. The van der Waals surface area contributed by atoms with Gasteiger partial charge in [-0.2, -0.15) is 4.39 Å². The largest absolute Gasteiger partial charge is 0.321 e. The van der Waals surface area contributed by atoms with Gasteiger partial charge in [0.2, 0.25) is 16.0 Å². The SMILES string of the molecule is NS(=O)(=O)c1ccc(NC(=O)c2ccc(F)nc2)c(Br)c1. The normalized spacial score (nSPS) is 11.2. The van der Waals surface area contributed by atoms with Crippen LogP contribution in [0.1, 0.15) is 10.4 Å². The van der Waals surface area contributed by atoms with Gasteiger partial charge in [-0.05, 0) is 46.3 Å². The number of carbonyl (C=O) groups is 1. The lowest BCUT2D eigenvalue weighted by atomic mass is 10.2. The molecule has 0 bridgehead atoms. The molecule has 2 rings (SSSR count). The highest BCUT2D eigenvalue weighted by Gasteiger charge is 2.13. The summed E-state index contributed by atoms with van der Waals surface area (Å²) in [5.74, 6) is -1.20. The van der Waals surface area contributed by atoms with Gasteiger partial charge >= 0.3 is 0 Å². The van der Waals surface area contributed by atoms with Crippen molar-refractivity contribution >= 4 is 37.5 Å². The lowest BCUT2D eigenvalue weighted by Crippen LogP contribution is -2.14. The van der Waals surface area contributed by atoms with E-state index in [1.807, 2.05) is 0 Å². The first-order valence-corrected chi connectivity index (χ1v) is 7.86. The highest BCUT2D eigenvalue weighted by Crippen LogP contribution is 2.25. The minimum atomic E-state index is -3.82. The Bertz CT molecular complexity index is 794. The van der Waals surface area contributed by atoms with Gasteiger partial charge in [0.25, 0.3) is 5.91 Å². The molecule has 0 saturated carbocycles. The number of nitrogens with zero attached hydrogens (tertiary/aromatic N) is 1. The fourth-order valence-corrected chi connectivity index (χ4v) is 2.65. The van der Waals surface area contributed by atoms with Crippen LogP contribution >= 0.6 is 15.9 Å². The lowest BCUT2D eigenvalue weighted by Gasteiger charge is -2.08. The van der Waals surface area contributed by atoms with Crippen LogP contribution < -0.4 is 10.5 Å². The van der Waals surface area contributed by atoms with Gasteiger partial charge in [0.05, 0.1) is 16.1 Å². The van der Waals surface area contributed by atoms with Gasteiger partial charge in [0.1, 0.15) is 0 Å². The molecule has 2 aromatic rings. The first-order chi connectivity index (χ1) is 9.77. The number of benzene rings is 1. The van der Waals surface area contributed by atoms with Crippen molar-refractivity contribution in [3.63, 3.8) is 0 Å². The molecule has 0 radical (unpaired) electrons. The molecule has 0 aliphatic heterocycles.